The second-order valence-corrected chi connectivity index (χ2v) is 8.17. The molecule has 3 aromatic rings. The van der Waals surface area contributed by atoms with Crippen molar-refractivity contribution in [3.8, 4) is 5.75 Å². The molecule has 6 nitrogen and oxygen atoms in total. The summed E-state index contributed by atoms with van der Waals surface area (Å²) >= 11 is 1.38. The maximum Gasteiger partial charge on any atom is 0.261 e. The number of ether oxygens (including phenoxy) is 1. The lowest BCUT2D eigenvalue weighted by molar-refractivity contribution is -0.118. The number of rotatable bonds is 9. The Morgan fingerprint density at radius 3 is 2.23 bits per heavy atom. The van der Waals surface area contributed by atoms with Crippen LogP contribution in [0, 0.1) is 0 Å². The zero-order chi connectivity index (χ0) is 22.2. The van der Waals surface area contributed by atoms with Gasteiger partial charge in [-0.05, 0) is 53.4 Å². The normalized spacial score (nSPS) is 10.4. The third-order valence-electron chi connectivity index (χ3n) is 4.85. The minimum atomic E-state index is -0.155. The van der Waals surface area contributed by atoms with Gasteiger partial charge in [-0.15, -0.1) is 11.3 Å². The minimum Gasteiger partial charge on any atom is -0.497 e. The molecule has 1 heterocycles. The van der Waals surface area contributed by atoms with Gasteiger partial charge in [0.1, 0.15) is 5.75 Å². The summed E-state index contributed by atoms with van der Waals surface area (Å²) in [5.41, 5.74) is 2.91. The van der Waals surface area contributed by atoms with Gasteiger partial charge in [0.2, 0.25) is 5.91 Å². The highest BCUT2D eigenvalue weighted by molar-refractivity contribution is 7.12. The number of carbonyl (C=O) groups excluding carboxylic acids is 2. The Morgan fingerprint density at radius 2 is 1.65 bits per heavy atom. The predicted octanol–water partition coefficient (Wildman–Crippen LogP) is 4.18. The summed E-state index contributed by atoms with van der Waals surface area (Å²) in [5.74, 6) is 0.515. The van der Waals surface area contributed by atoms with E-state index in [0.717, 1.165) is 22.7 Å². The Balaban J connectivity index is 1.71. The number of methoxy groups -OCH3 is 1. The van der Waals surface area contributed by atoms with Crippen LogP contribution in [0.3, 0.4) is 0 Å². The van der Waals surface area contributed by atoms with Gasteiger partial charge in [-0.2, -0.15) is 0 Å². The molecule has 0 radical (unpaired) electrons. The van der Waals surface area contributed by atoms with E-state index in [1.165, 1.54) is 11.3 Å². The molecule has 7 heteroatoms. The molecule has 0 fully saturated rings. The van der Waals surface area contributed by atoms with Gasteiger partial charge in [0.15, 0.2) is 0 Å². The summed E-state index contributed by atoms with van der Waals surface area (Å²) in [6, 6.07) is 19.1. The molecule has 0 atom stereocenters. The molecule has 162 valence electrons. The second kappa shape index (κ2) is 10.6. The summed E-state index contributed by atoms with van der Waals surface area (Å²) in [5, 5.41) is 4.68. The van der Waals surface area contributed by atoms with Crippen LogP contribution in [-0.4, -0.2) is 39.6 Å². The van der Waals surface area contributed by atoms with Crippen molar-refractivity contribution in [2.75, 3.05) is 37.5 Å². The topological polar surface area (TPSA) is 61.9 Å². The highest BCUT2D eigenvalue weighted by atomic mass is 32.1. The molecule has 2 aromatic carbocycles. The largest absolute Gasteiger partial charge is 0.497 e. The van der Waals surface area contributed by atoms with Gasteiger partial charge >= 0.3 is 0 Å². The van der Waals surface area contributed by atoms with Crippen molar-refractivity contribution in [1.82, 2.24) is 5.32 Å². The summed E-state index contributed by atoms with van der Waals surface area (Å²) in [4.78, 5) is 29.6. The maximum atomic E-state index is 13.1. The average Bonchev–Trinajstić information content (AvgIpc) is 3.33. The van der Waals surface area contributed by atoms with Crippen molar-refractivity contribution in [2.45, 2.75) is 13.0 Å². The highest BCUT2D eigenvalue weighted by Crippen LogP contribution is 2.23. The van der Waals surface area contributed by atoms with Crippen molar-refractivity contribution < 1.29 is 14.3 Å². The molecule has 0 aliphatic heterocycles. The number of carbonyl (C=O) groups is 2. The summed E-state index contributed by atoms with van der Waals surface area (Å²) in [6.45, 7) is 0.722. The Labute approximate surface area is 187 Å². The quantitative estimate of drug-likeness (QED) is 0.546. The van der Waals surface area contributed by atoms with E-state index in [9.17, 15) is 9.59 Å². The van der Waals surface area contributed by atoms with Crippen LogP contribution in [0.25, 0.3) is 0 Å². The Bertz CT molecular complexity index is 984. The summed E-state index contributed by atoms with van der Waals surface area (Å²) < 4.78 is 5.24. The van der Waals surface area contributed by atoms with E-state index in [2.05, 4.69) is 5.32 Å². The second-order valence-electron chi connectivity index (χ2n) is 7.22. The Hall–Kier alpha value is -3.32. The van der Waals surface area contributed by atoms with Gasteiger partial charge in [-0.1, -0.05) is 18.2 Å². The fourth-order valence-electron chi connectivity index (χ4n) is 3.08. The lowest BCUT2D eigenvalue weighted by Gasteiger charge is -2.24. The van der Waals surface area contributed by atoms with E-state index in [1.807, 2.05) is 79.0 Å². The van der Waals surface area contributed by atoms with Gasteiger partial charge in [-0.25, -0.2) is 0 Å². The van der Waals surface area contributed by atoms with Crippen LogP contribution in [0.5, 0.6) is 5.75 Å². The number of anilines is 2. The first-order valence-corrected chi connectivity index (χ1v) is 10.9. The zero-order valence-corrected chi connectivity index (χ0v) is 18.8. The first-order chi connectivity index (χ1) is 15.0. The third kappa shape index (κ3) is 6.08. The number of nitrogens with one attached hydrogen (secondary N) is 1. The van der Waals surface area contributed by atoms with Crippen molar-refractivity contribution in [1.29, 1.82) is 0 Å². The van der Waals surface area contributed by atoms with Crippen molar-refractivity contribution in [3.05, 3.63) is 76.5 Å². The molecule has 0 saturated carbocycles. The highest BCUT2D eigenvalue weighted by Gasteiger charge is 2.17. The van der Waals surface area contributed by atoms with Gasteiger partial charge in [0.25, 0.3) is 5.91 Å². The summed E-state index contributed by atoms with van der Waals surface area (Å²) in [7, 11) is 5.60. The van der Waals surface area contributed by atoms with Crippen molar-refractivity contribution in [2.24, 2.45) is 0 Å². The predicted molar refractivity (Wildman–Crippen MR) is 126 cm³/mol. The first-order valence-electron chi connectivity index (χ1n) is 10.0. The lowest BCUT2D eigenvalue weighted by Crippen LogP contribution is -2.34. The number of benzene rings is 2. The van der Waals surface area contributed by atoms with Crippen LogP contribution in [0.2, 0.25) is 0 Å². The van der Waals surface area contributed by atoms with Crippen LogP contribution >= 0.6 is 11.3 Å². The van der Waals surface area contributed by atoms with E-state index >= 15 is 0 Å². The smallest absolute Gasteiger partial charge is 0.261 e. The molecule has 31 heavy (non-hydrogen) atoms. The average molecular weight is 438 g/mol. The van der Waals surface area contributed by atoms with Gasteiger partial charge < -0.3 is 19.9 Å². The molecular formula is C24H27N3O3S. The maximum absolute atomic E-state index is 13.1. The first kappa shape index (κ1) is 22.4. The molecule has 0 saturated heterocycles. The van der Waals surface area contributed by atoms with Gasteiger partial charge in [-0.3, -0.25) is 9.59 Å². The molecule has 0 bridgehead atoms. The molecule has 3 rings (SSSR count). The molecule has 1 N–H and O–H groups in total. The molecule has 0 aliphatic rings. The zero-order valence-electron chi connectivity index (χ0n) is 18.0. The Kier molecular flexibility index (Phi) is 7.67. The third-order valence-corrected chi connectivity index (χ3v) is 5.72. The van der Waals surface area contributed by atoms with Crippen LogP contribution in [0.15, 0.2) is 66.0 Å². The van der Waals surface area contributed by atoms with Crippen molar-refractivity contribution >= 4 is 34.5 Å². The minimum absolute atomic E-state index is 0.0617. The number of hydrogen-bond donors (Lipinski definition) is 1. The van der Waals surface area contributed by atoms with E-state index in [-0.39, 0.29) is 24.8 Å². The molecule has 2 amide bonds. The van der Waals surface area contributed by atoms with Crippen LogP contribution in [0.1, 0.15) is 21.7 Å². The number of hydrogen-bond acceptors (Lipinski definition) is 5. The van der Waals surface area contributed by atoms with Crippen LogP contribution in [0.4, 0.5) is 11.4 Å². The van der Waals surface area contributed by atoms with E-state index in [1.54, 1.807) is 18.1 Å². The molecular weight excluding hydrogens is 410 g/mol. The molecule has 0 aliphatic carbocycles. The van der Waals surface area contributed by atoms with Crippen LogP contribution in [-0.2, 0) is 11.3 Å². The lowest BCUT2D eigenvalue weighted by atomic mass is 10.1. The van der Waals surface area contributed by atoms with Gasteiger partial charge in [0.05, 0.1) is 18.5 Å². The van der Waals surface area contributed by atoms with Crippen LogP contribution < -0.4 is 19.9 Å². The summed E-state index contributed by atoms with van der Waals surface area (Å²) in [6.07, 6.45) is 0.207. The fourth-order valence-corrected chi connectivity index (χ4v) is 3.72. The van der Waals surface area contributed by atoms with Gasteiger partial charge in [0, 0.05) is 38.4 Å². The van der Waals surface area contributed by atoms with E-state index in [4.69, 9.17) is 4.74 Å². The fraction of sp³-hybridized carbons (Fsp3) is 0.250. The molecule has 0 spiro atoms. The number of amides is 2. The number of nitrogens with zero attached hydrogens (tertiary/aromatic N) is 2. The van der Waals surface area contributed by atoms with Crippen molar-refractivity contribution in [3.63, 3.8) is 0 Å². The SMILES string of the molecule is COc1ccc(N(Cc2ccc(N(C)C)cc2)C(=O)CCNC(=O)c2cccs2)cc1. The Morgan fingerprint density at radius 1 is 0.968 bits per heavy atom. The molecule has 1 aromatic heterocycles. The molecule has 0 unspecified atom stereocenters. The monoisotopic (exact) mass is 437 g/mol. The standard InChI is InChI=1S/C24H27N3O3S/c1-26(2)19-8-6-18(7-9-19)17-27(20-10-12-21(30-3)13-11-20)23(28)14-15-25-24(29)22-5-4-16-31-22/h4-13,16H,14-15,17H2,1-3H3,(H,25,29). The van der Waals surface area contributed by atoms with E-state index < -0.39 is 0 Å². The van der Waals surface area contributed by atoms with E-state index in [0.29, 0.717) is 11.4 Å². The number of thiophene rings is 1.